The number of rotatable bonds is 9. The van der Waals surface area contributed by atoms with Crippen LogP contribution in [0.5, 0.6) is 0 Å². The van der Waals surface area contributed by atoms with Gasteiger partial charge in [-0.3, -0.25) is 4.79 Å². The maximum atomic E-state index is 13.1. The van der Waals surface area contributed by atoms with E-state index in [0.29, 0.717) is 17.7 Å². The summed E-state index contributed by atoms with van der Waals surface area (Å²) in [6, 6.07) is 19.1. The Labute approximate surface area is 198 Å². The molecule has 2 aromatic heterocycles. The van der Waals surface area contributed by atoms with Crippen LogP contribution in [0.4, 0.5) is 0 Å². The fraction of sp³-hybridized carbons (Fsp3) is 0.179. The van der Waals surface area contributed by atoms with Gasteiger partial charge in [0.25, 0.3) is 0 Å². The summed E-state index contributed by atoms with van der Waals surface area (Å²) in [5.74, 6) is -0.994. The molecule has 0 saturated heterocycles. The lowest BCUT2D eigenvalue weighted by molar-refractivity contribution is -0.149. The number of ketones is 1. The minimum atomic E-state index is -0.977. The normalized spacial score (nSPS) is 12.3. The molecule has 0 fully saturated rings. The van der Waals surface area contributed by atoms with Crippen molar-refractivity contribution in [2.24, 2.45) is 0 Å². The first kappa shape index (κ1) is 23.1. The molecule has 6 heteroatoms. The van der Waals surface area contributed by atoms with E-state index in [1.165, 1.54) is 6.92 Å². The van der Waals surface area contributed by atoms with Crippen LogP contribution >= 0.6 is 0 Å². The second-order valence-electron chi connectivity index (χ2n) is 8.20. The number of carbonyl (C=O) groups excluding carboxylic acids is 1. The molecule has 4 rings (SSSR count). The van der Waals surface area contributed by atoms with Gasteiger partial charge in [0.2, 0.25) is 0 Å². The van der Waals surface area contributed by atoms with Crippen molar-refractivity contribution < 1.29 is 19.4 Å². The lowest BCUT2D eigenvalue weighted by Crippen LogP contribution is -2.19. The Kier molecular flexibility index (Phi) is 6.99. The van der Waals surface area contributed by atoms with Gasteiger partial charge in [-0.25, -0.2) is 9.78 Å². The third-order valence-corrected chi connectivity index (χ3v) is 5.63. The van der Waals surface area contributed by atoms with Crippen molar-refractivity contribution in [2.75, 3.05) is 0 Å². The van der Waals surface area contributed by atoms with Crippen molar-refractivity contribution >= 4 is 28.9 Å². The highest BCUT2D eigenvalue weighted by molar-refractivity contribution is 6.16. The van der Waals surface area contributed by atoms with Crippen LogP contribution in [0.3, 0.4) is 0 Å². The molecule has 34 heavy (non-hydrogen) atoms. The van der Waals surface area contributed by atoms with Gasteiger partial charge in [0.15, 0.2) is 11.9 Å². The van der Waals surface area contributed by atoms with Crippen molar-refractivity contribution in [1.29, 1.82) is 0 Å². The number of carbonyl (C=O) groups is 2. The van der Waals surface area contributed by atoms with E-state index in [1.54, 1.807) is 6.20 Å². The quantitative estimate of drug-likeness (QED) is 0.348. The minimum absolute atomic E-state index is 0.0178. The highest BCUT2D eigenvalue weighted by atomic mass is 16.5. The van der Waals surface area contributed by atoms with Crippen molar-refractivity contribution in [3.63, 3.8) is 0 Å². The predicted octanol–water partition coefficient (Wildman–Crippen LogP) is 5.28. The third-order valence-electron chi connectivity index (χ3n) is 5.63. The highest BCUT2D eigenvalue weighted by Crippen LogP contribution is 2.23. The van der Waals surface area contributed by atoms with Crippen LogP contribution in [0.1, 0.15) is 39.5 Å². The van der Waals surface area contributed by atoms with Gasteiger partial charge in [-0.1, -0.05) is 66.2 Å². The van der Waals surface area contributed by atoms with Crippen LogP contribution in [0.2, 0.25) is 0 Å². The number of hydrogen-bond acceptors (Lipinski definition) is 4. The molecule has 1 N–H and O–H groups in total. The van der Waals surface area contributed by atoms with E-state index in [9.17, 15) is 9.59 Å². The number of aryl methyl sites for hydroxylation is 1. The van der Waals surface area contributed by atoms with Gasteiger partial charge in [-0.15, -0.1) is 0 Å². The molecule has 0 aliphatic carbocycles. The molecule has 0 radical (unpaired) electrons. The Bertz CT molecular complexity index is 1340. The molecular weight excluding hydrogens is 428 g/mol. The number of ether oxygens (including phenoxy) is 1. The van der Waals surface area contributed by atoms with Crippen molar-refractivity contribution in [3.05, 3.63) is 107 Å². The van der Waals surface area contributed by atoms with E-state index in [0.717, 1.165) is 27.7 Å². The van der Waals surface area contributed by atoms with E-state index in [-0.39, 0.29) is 12.4 Å². The number of hydrogen-bond donors (Lipinski definition) is 1. The van der Waals surface area contributed by atoms with Crippen LogP contribution in [0, 0.1) is 6.92 Å². The number of carboxylic acids is 1. The molecule has 4 aromatic rings. The van der Waals surface area contributed by atoms with Crippen LogP contribution in [-0.2, 0) is 22.7 Å². The molecule has 0 amide bonds. The van der Waals surface area contributed by atoms with Crippen LogP contribution < -0.4 is 0 Å². The third kappa shape index (κ3) is 5.30. The molecule has 0 aliphatic rings. The number of carboxylic acid groups (broad SMARTS) is 1. The van der Waals surface area contributed by atoms with Crippen molar-refractivity contribution in [3.8, 4) is 0 Å². The van der Waals surface area contributed by atoms with Gasteiger partial charge >= 0.3 is 5.97 Å². The summed E-state index contributed by atoms with van der Waals surface area (Å²) in [6.07, 6.45) is 6.78. The van der Waals surface area contributed by atoms with E-state index >= 15 is 0 Å². The molecule has 2 aromatic carbocycles. The predicted molar refractivity (Wildman–Crippen MR) is 132 cm³/mol. The zero-order valence-electron chi connectivity index (χ0n) is 19.1. The second-order valence-corrected chi connectivity index (χ2v) is 8.20. The number of aromatic nitrogens is 2. The summed E-state index contributed by atoms with van der Waals surface area (Å²) in [5.41, 5.74) is 5.09. The van der Waals surface area contributed by atoms with E-state index in [4.69, 9.17) is 9.84 Å². The van der Waals surface area contributed by atoms with E-state index < -0.39 is 12.1 Å². The van der Waals surface area contributed by atoms with E-state index in [2.05, 4.69) is 4.98 Å². The first-order chi connectivity index (χ1) is 16.4. The van der Waals surface area contributed by atoms with E-state index in [1.807, 2.05) is 90.5 Å². The Balaban J connectivity index is 1.48. The number of fused-ring (bicyclic) bond motifs is 1. The standard InChI is InChI=1S/C28H26N2O4/c1-19-7-13-23(14-8-19)26(31)25-17-30(27-24(25)6-3-15-29-27)16-4-5-21-9-11-22(12-10-21)18-34-20(2)28(32)33/h3-15,17,20H,16,18H2,1-2H3,(H,32,33)/b5-4+/t20-/m0/s1. The molecule has 6 nitrogen and oxygen atoms in total. The number of benzene rings is 2. The van der Waals surface area contributed by atoms with Gasteiger partial charge < -0.3 is 14.4 Å². The summed E-state index contributed by atoms with van der Waals surface area (Å²) in [5, 5.41) is 9.74. The Hall–Kier alpha value is -4.03. The first-order valence-corrected chi connectivity index (χ1v) is 11.1. The molecule has 0 saturated carbocycles. The molecule has 0 bridgehead atoms. The fourth-order valence-corrected chi connectivity index (χ4v) is 3.62. The molecule has 1 atom stereocenters. The summed E-state index contributed by atoms with van der Waals surface area (Å²) < 4.78 is 7.29. The SMILES string of the molecule is Cc1ccc(C(=O)c2cn(C/C=C/c3ccc(CO[C@@H](C)C(=O)O)cc3)c3ncccc23)cc1. The fourth-order valence-electron chi connectivity index (χ4n) is 3.62. The molecular formula is C28H26N2O4. The van der Waals surface area contributed by atoms with Gasteiger partial charge in [-0.05, 0) is 37.1 Å². The smallest absolute Gasteiger partial charge is 0.332 e. The Morgan fingerprint density at radius 1 is 1.09 bits per heavy atom. The second kappa shape index (κ2) is 10.3. The number of nitrogens with zero attached hydrogens (tertiary/aromatic N) is 2. The van der Waals surface area contributed by atoms with Gasteiger partial charge in [0.05, 0.1) is 6.61 Å². The minimum Gasteiger partial charge on any atom is -0.479 e. The summed E-state index contributed by atoms with van der Waals surface area (Å²) >= 11 is 0. The molecule has 172 valence electrons. The van der Waals surface area contributed by atoms with Crippen LogP contribution in [-0.4, -0.2) is 32.5 Å². The molecule has 0 spiro atoms. The van der Waals surface area contributed by atoms with Gasteiger partial charge in [0.1, 0.15) is 5.65 Å². The topological polar surface area (TPSA) is 81.4 Å². The number of aliphatic carboxylic acids is 1. The molecule has 0 unspecified atom stereocenters. The largest absolute Gasteiger partial charge is 0.479 e. The average molecular weight is 455 g/mol. The lowest BCUT2D eigenvalue weighted by atomic mass is 10.0. The van der Waals surface area contributed by atoms with Crippen molar-refractivity contribution in [1.82, 2.24) is 9.55 Å². The maximum Gasteiger partial charge on any atom is 0.332 e. The van der Waals surface area contributed by atoms with Crippen LogP contribution in [0.15, 0.2) is 79.1 Å². The Morgan fingerprint density at radius 2 is 1.82 bits per heavy atom. The number of pyridine rings is 1. The zero-order valence-corrected chi connectivity index (χ0v) is 19.1. The van der Waals surface area contributed by atoms with Gasteiger partial charge in [0, 0.05) is 35.5 Å². The summed E-state index contributed by atoms with van der Waals surface area (Å²) in [7, 11) is 0. The highest BCUT2D eigenvalue weighted by Gasteiger charge is 2.17. The maximum absolute atomic E-state index is 13.1. The lowest BCUT2D eigenvalue weighted by Gasteiger charge is -2.08. The monoisotopic (exact) mass is 454 g/mol. The summed E-state index contributed by atoms with van der Waals surface area (Å²) in [4.78, 5) is 28.5. The van der Waals surface area contributed by atoms with Crippen molar-refractivity contribution in [2.45, 2.75) is 33.1 Å². The Morgan fingerprint density at radius 3 is 2.53 bits per heavy atom. The zero-order chi connectivity index (χ0) is 24.1. The molecule has 0 aliphatic heterocycles. The van der Waals surface area contributed by atoms with Gasteiger partial charge in [-0.2, -0.15) is 0 Å². The summed E-state index contributed by atoms with van der Waals surface area (Å²) in [6.45, 7) is 4.32. The van der Waals surface area contributed by atoms with Crippen LogP contribution in [0.25, 0.3) is 17.1 Å². The molecule has 2 heterocycles. The first-order valence-electron chi connectivity index (χ1n) is 11.1. The average Bonchev–Trinajstić information content (AvgIpc) is 3.22. The number of allylic oxidation sites excluding steroid dienone is 1.